The van der Waals surface area contributed by atoms with E-state index in [0.717, 1.165) is 30.4 Å². The number of nitriles is 1. The van der Waals surface area contributed by atoms with Gasteiger partial charge in [-0.05, 0) is 61.8 Å². The van der Waals surface area contributed by atoms with E-state index in [0.29, 0.717) is 11.3 Å². The number of hydrogen-bond donors (Lipinski definition) is 1. The van der Waals surface area contributed by atoms with Crippen molar-refractivity contribution >= 4 is 11.6 Å². The number of ether oxygens (including phenoxy) is 1. The molecule has 2 aliphatic carbocycles. The lowest BCUT2D eigenvalue weighted by atomic mass is 9.70. The maximum absolute atomic E-state index is 11.9. The monoisotopic (exact) mass is 325 g/mol. The SMILES string of the molecule is N#Cc1ccc(OCC(=O)N/N=C2\CC[C@@H]3CCCC[C@@H]3C2)cc1. The van der Waals surface area contributed by atoms with Crippen molar-refractivity contribution in [3.05, 3.63) is 29.8 Å². The van der Waals surface area contributed by atoms with E-state index < -0.39 is 0 Å². The number of nitrogens with zero attached hydrogens (tertiary/aromatic N) is 2. The van der Waals surface area contributed by atoms with E-state index >= 15 is 0 Å². The van der Waals surface area contributed by atoms with E-state index in [1.54, 1.807) is 24.3 Å². The molecule has 0 heterocycles. The number of rotatable bonds is 4. The van der Waals surface area contributed by atoms with Crippen LogP contribution in [0, 0.1) is 23.2 Å². The second-order valence-corrected chi connectivity index (χ2v) is 6.69. The number of carbonyl (C=O) groups excluding carboxylic acids is 1. The van der Waals surface area contributed by atoms with Gasteiger partial charge in [-0.2, -0.15) is 10.4 Å². The van der Waals surface area contributed by atoms with Crippen LogP contribution < -0.4 is 10.2 Å². The van der Waals surface area contributed by atoms with Crippen LogP contribution in [0.2, 0.25) is 0 Å². The highest BCUT2D eigenvalue weighted by molar-refractivity contribution is 5.87. The first-order valence-electron chi connectivity index (χ1n) is 8.72. The number of hydrogen-bond acceptors (Lipinski definition) is 4. The Morgan fingerprint density at radius 1 is 1.21 bits per heavy atom. The Kier molecular flexibility index (Phi) is 5.47. The minimum atomic E-state index is -0.252. The lowest BCUT2D eigenvalue weighted by Gasteiger charge is -2.35. The summed E-state index contributed by atoms with van der Waals surface area (Å²) in [5.74, 6) is 1.95. The molecule has 1 aromatic carbocycles. The molecule has 0 spiro atoms. The van der Waals surface area contributed by atoms with Gasteiger partial charge in [-0.3, -0.25) is 4.79 Å². The van der Waals surface area contributed by atoms with Gasteiger partial charge < -0.3 is 4.74 Å². The lowest BCUT2D eigenvalue weighted by molar-refractivity contribution is -0.123. The molecule has 5 heteroatoms. The zero-order chi connectivity index (χ0) is 16.8. The molecule has 0 saturated heterocycles. The van der Waals surface area contributed by atoms with Crippen molar-refractivity contribution in [1.29, 1.82) is 5.26 Å². The summed E-state index contributed by atoms with van der Waals surface area (Å²) in [6.07, 6.45) is 8.61. The summed E-state index contributed by atoms with van der Waals surface area (Å²) < 4.78 is 5.40. The number of carbonyl (C=O) groups is 1. The zero-order valence-electron chi connectivity index (χ0n) is 13.8. The van der Waals surface area contributed by atoms with E-state index in [2.05, 4.69) is 10.5 Å². The minimum absolute atomic E-state index is 0.0747. The van der Waals surface area contributed by atoms with Gasteiger partial charge in [0.25, 0.3) is 5.91 Å². The van der Waals surface area contributed by atoms with Crippen molar-refractivity contribution in [1.82, 2.24) is 5.43 Å². The number of nitrogens with one attached hydrogen (secondary N) is 1. The van der Waals surface area contributed by atoms with Crippen molar-refractivity contribution in [2.75, 3.05) is 6.61 Å². The summed E-state index contributed by atoms with van der Waals surface area (Å²) in [7, 11) is 0. The van der Waals surface area contributed by atoms with Crippen LogP contribution in [0.15, 0.2) is 29.4 Å². The van der Waals surface area contributed by atoms with E-state index in [1.165, 1.54) is 32.1 Å². The second kappa shape index (κ2) is 7.96. The molecular weight excluding hydrogens is 302 g/mol. The van der Waals surface area contributed by atoms with Crippen LogP contribution in [0.3, 0.4) is 0 Å². The van der Waals surface area contributed by atoms with Gasteiger partial charge in [-0.25, -0.2) is 5.43 Å². The third-order valence-electron chi connectivity index (χ3n) is 5.06. The highest BCUT2D eigenvalue weighted by Crippen LogP contribution is 2.39. The highest BCUT2D eigenvalue weighted by atomic mass is 16.5. The largest absolute Gasteiger partial charge is 0.484 e. The first-order valence-corrected chi connectivity index (χ1v) is 8.72. The smallest absolute Gasteiger partial charge is 0.277 e. The van der Waals surface area contributed by atoms with Crippen LogP contribution in [0.5, 0.6) is 5.75 Å². The molecule has 2 fully saturated rings. The predicted octanol–water partition coefficient (Wildman–Crippen LogP) is 3.40. The molecule has 2 saturated carbocycles. The molecule has 5 nitrogen and oxygen atoms in total. The quantitative estimate of drug-likeness (QED) is 0.862. The predicted molar refractivity (Wildman–Crippen MR) is 91.5 cm³/mol. The van der Waals surface area contributed by atoms with Gasteiger partial charge >= 0.3 is 0 Å². The molecule has 2 aliphatic rings. The average Bonchev–Trinajstić information content (AvgIpc) is 2.65. The maximum Gasteiger partial charge on any atom is 0.277 e. The van der Waals surface area contributed by atoms with Gasteiger partial charge in [0.2, 0.25) is 0 Å². The molecule has 24 heavy (non-hydrogen) atoms. The number of amides is 1. The van der Waals surface area contributed by atoms with E-state index in [9.17, 15) is 4.79 Å². The van der Waals surface area contributed by atoms with Crippen molar-refractivity contribution in [2.24, 2.45) is 16.9 Å². The normalized spacial score (nSPS) is 24.7. The molecule has 0 radical (unpaired) electrons. The number of hydrazone groups is 1. The van der Waals surface area contributed by atoms with E-state index in [4.69, 9.17) is 10.00 Å². The fraction of sp³-hybridized carbons (Fsp3) is 0.526. The summed E-state index contributed by atoms with van der Waals surface area (Å²) in [4.78, 5) is 11.9. The highest BCUT2D eigenvalue weighted by Gasteiger charge is 2.30. The molecule has 0 aromatic heterocycles. The Bertz CT molecular complexity index is 646. The second-order valence-electron chi connectivity index (χ2n) is 6.69. The minimum Gasteiger partial charge on any atom is -0.484 e. The third-order valence-corrected chi connectivity index (χ3v) is 5.06. The van der Waals surface area contributed by atoms with Crippen LogP contribution in [0.4, 0.5) is 0 Å². The molecule has 2 atom stereocenters. The Labute approximate surface area is 142 Å². The first kappa shape index (κ1) is 16.5. The molecule has 3 rings (SSSR count). The topological polar surface area (TPSA) is 74.5 Å². The molecule has 0 bridgehead atoms. The summed E-state index contributed by atoms with van der Waals surface area (Å²) in [6, 6.07) is 8.73. The molecule has 1 aromatic rings. The van der Waals surface area contributed by atoms with Crippen molar-refractivity contribution in [2.45, 2.75) is 44.9 Å². The van der Waals surface area contributed by atoms with Gasteiger partial charge in [0.05, 0.1) is 11.6 Å². The Hall–Kier alpha value is -2.35. The van der Waals surface area contributed by atoms with Crippen LogP contribution in [-0.4, -0.2) is 18.2 Å². The Morgan fingerprint density at radius 3 is 2.71 bits per heavy atom. The summed E-state index contributed by atoms with van der Waals surface area (Å²) in [5, 5.41) is 13.1. The molecule has 126 valence electrons. The summed E-state index contributed by atoms with van der Waals surface area (Å²) in [5.41, 5.74) is 4.29. The van der Waals surface area contributed by atoms with E-state index in [1.807, 2.05) is 6.07 Å². The molecule has 0 aliphatic heterocycles. The van der Waals surface area contributed by atoms with Crippen molar-refractivity contribution in [3.63, 3.8) is 0 Å². The van der Waals surface area contributed by atoms with Crippen LogP contribution in [0.1, 0.15) is 50.5 Å². The summed E-state index contributed by atoms with van der Waals surface area (Å²) in [6.45, 7) is -0.0747. The van der Waals surface area contributed by atoms with Gasteiger partial charge in [0.15, 0.2) is 6.61 Å². The molecule has 0 unspecified atom stereocenters. The van der Waals surface area contributed by atoms with Crippen LogP contribution >= 0.6 is 0 Å². The molecule has 1 amide bonds. The zero-order valence-corrected chi connectivity index (χ0v) is 13.8. The van der Waals surface area contributed by atoms with Crippen molar-refractivity contribution in [3.8, 4) is 11.8 Å². The van der Waals surface area contributed by atoms with Crippen LogP contribution in [-0.2, 0) is 4.79 Å². The fourth-order valence-corrected chi connectivity index (χ4v) is 3.74. The van der Waals surface area contributed by atoms with Gasteiger partial charge in [-0.15, -0.1) is 0 Å². The van der Waals surface area contributed by atoms with Gasteiger partial charge in [-0.1, -0.05) is 19.3 Å². The summed E-state index contributed by atoms with van der Waals surface area (Å²) >= 11 is 0. The molecule has 1 N–H and O–H groups in total. The van der Waals surface area contributed by atoms with Gasteiger partial charge in [0, 0.05) is 5.71 Å². The lowest BCUT2D eigenvalue weighted by Crippen LogP contribution is -2.31. The van der Waals surface area contributed by atoms with Gasteiger partial charge in [0.1, 0.15) is 5.75 Å². The standard InChI is InChI=1S/C19H23N3O2/c20-12-14-5-9-18(10-6-14)24-13-19(23)22-21-17-8-7-15-3-1-2-4-16(15)11-17/h5-6,9-10,15-16H,1-4,7-8,11,13H2,(H,22,23)/b21-17+/t15-,16+/m0/s1. The third kappa shape index (κ3) is 4.35. The van der Waals surface area contributed by atoms with Crippen LogP contribution in [0.25, 0.3) is 0 Å². The number of benzene rings is 1. The number of fused-ring (bicyclic) bond motifs is 1. The Balaban J connectivity index is 1.44. The molecular formula is C19H23N3O2. The van der Waals surface area contributed by atoms with E-state index in [-0.39, 0.29) is 12.5 Å². The Morgan fingerprint density at radius 2 is 1.96 bits per heavy atom. The fourth-order valence-electron chi connectivity index (χ4n) is 3.74. The maximum atomic E-state index is 11.9. The average molecular weight is 325 g/mol. The van der Waals surface area contributed by atoms with Crippen molar-refractivity contribution < 1.29 is 9.53 Å². The first-order chi connectivity index (χ1) is 11.7.